The molecule has 132 valence electrons. The van der Waals surface area contributed by atoms with E-state index in [9.17, 15) is 9.59 Å². The van der Waals surface area contributed by atoms with Crippen LogP contribution in [0.5, 0.6) is 0 Å². The van der Waals surface area contributed by atoms with Gasteiger partial charge in [-0.15, -0.1) is 0 Å². The molecule has 1 aliphatic rings. The summed E-state index contributed by atoms with van der Waals surface area (Å²) in [6.45, 7) is 12.2. The van der Waals surface area contributed by atoms with E-state index in [1.807, 2.05) is 24.3 Å². The number of hydrogen-bond donors (Lipinski definition) is 2. The lowest BCUT2D eigenvalue weighted by Crippen LogP contribution is -3.16. The maximum Gasteiger partial charge on any atom is 0.275 e. The van der Waals surface area contributed by atoms with Gasteiger partial charge in [-0.1, -0.05) is 13.8 Å². The second kappa shape index (κ2) is 8.29. The Kier molecular flexibility index (Phi) is 6.37. The zero-order valence-corrected chi connectivity index (χ0v) is 15.3. The largest absolute Gasteiger partial charge is 0.360 e. The third-order valence-corrected chi connectivity index (χ3v) is 4.91. The lowest BCUT2D eigenvalue weighted by molar-refractivity contribution is -0.892. The highest BCUT2D eigenvalue weighted by Gasteiger charge is 2.23. The van der Waals surface area contributed by atoms with E-state index in [4.69, 9.17) is 0 Å². The normalized spacial score (nSPS) is 17.0. The van der Waals surface area contributed by atoms with Crippen molar-refractivity contribution in [2.45, 2.75) is 33.7 Å². The van der Waals surface area contributed by atoms with Crippen molar-refractivity contribution in [3.05, 3.63) is 29.8 Å². The number of hydrogen-bond acceptors (Lipinski definition) is 3. The lowest BCUT2D eigenvalue weighted by Gasteiger charge is -2.33. The molecule has 0 aliphatic carbocycles. The molecule has 2 N–H and O–H groups in total. The highest BCUT2D eigenvalue weighted by molar-refractivity contribution is 5.94. The summed E-state index contributed by atoms with van der Waals surface area (Å²) in [5, 5.41) is 3.08. The van der Waals surface area contributed by atoms with E-state index in [1.54, 1.807) is 6.92 Å². The molecule has 24 heavy (non-hydrogen) atoms. The number of carbonyl (C=O) groups is 2. The highest BCUT2D eigenvalue weighted by Crippen LogP contribution is 2.15. The summed E-state index contributed by atoms with van der Waals surface area (Å²) in [6.07, 6.45) is 0. The number of rotatable bonds is 6. The SMILES string of the molecule is CC(=O)c1ccc(N2CC[NH+](CC(=O)N[C@@H](C)C(C)C)CC2)cc1. The van der Waals surface area contributed by atoms with Crippen LogP contribution in [0.4, 0.5) is 5.69 Å². The van der Waals surface area contributed by atoms with Crippen molar-refractivity contribution in [3.8, 4) is 0 Å². The maximum atomic E-state index is 12.1. The van der Waals surface area contributed by atoms with Crippen LogP contribution in [0.1, 0.15) is 38.1 Å². The number of piperazine rings is 1. The first-order valence-corrected chi connectivity index (χ1v) is 8.85. The fourth-order valence-corrected chi connectivity index (χ4v) is 2.86. The van der Waals surface area contributed by atoms with E-state index < -0.39 is 0 Å². The molecular weight excluding hydrogens is 302 g/mol. The number of Topliss-reactive ketones (excluding diaryl/α,β-unsaturated/α-hetero) is 1. The van der Waals surface area contributed by atoms with Gasteiger partial charge in [-0.3, -0.25) is 9.59 Å². The van der Waals surface area contributed by atoms with Gasteiger partial charge in [0.1, 0.15) is 0 Å². The summed E-state index contributed by atoms with van der Waals surface area (Å²) in [6, 6.07) is 8.02. The quantitative estimate of drug-likeness (QED) is 0.756. The Bertz CT molecular complexity index is 560. The summed E-state index contributed by atoms with van der Waals surface area (Å²) in [4.78, 5) is 27.1. The highest BCUT2D eigenvalue weighted by atomic mass is 16.2. The van der Waals surface area contributed by atoms with Crippen LogP contribution in [0.3, 0.4) is 0 Å². The minimum Gasteiger partial charge on any atom is -0.360 e. The summed E-state index contributed by atoms with van der Waals surface area (Å²) < 4.78 is 0. The van der Waals surface area contributed by atoms with Crippen LogP contribution < -0.4 is 15.1 Å². The summed E-state index contributed by atoms with van der Waals surface area (Å²) in [5.74, 6) is 0.696. The minimum absolute atomic E-state index is 0.0949. The van der Waals surface area contributed by atoms with E-state index in [2.05, 4.69) is 31.0 Å². The zero-order chi connectivity index (χ0) is 17.7. The van der Waals surface area contributed by atoms with Crippen LogP contribution in [0.15, 0.2) is 24.3 Å². The van der Waals surface area contributed by atoms with E-state index in [0.29, 0.717) is 12.5 Å². The Morgan fingerprint density at radius 1 is 1.12 bits per heavy atom. The summed E-state index contributed by atoms with van der Waals surface area (Å²) in [5.41, 5.74) is 1.90. The van der Waals surface area contributed by atoms with Crippen molar-refractivity contribution < 1.29 is 14.5 Å². The second-order valence-corrected chi connectivity index (χ2v) is 7.12. The predicted molar refractivity (Wildman–Crippen MR) is 96.7 cm³/mol. The van der Waals surface area contributed by atoms with Gasteiger partial charge in [0.15, 0.2) is 12.3 Å². The first-order chi connectivity index (χ1) is 11.4. The minimum atomic E-state index is 0.0949. The maximum absolute atomic E-state index is 12.1. The Hall–Kier alpha value is -1.88. The van der Waals surface area contributed by atoms with Gasteiger partial charge in [0.05, 0.1) is 26.2 Å². The van der Waals surface area contributed by atoms with Gasteiger partial charge in [0.25, 0.3) is 5.91 Å². The number of benzene rings is 1. The molecule has 1 aliphatic heterocycles. The summed E-state index contributed by atoms with van der Waals surface area (Å²) in [7, 11) is 0. The van der Waals surface area contributed by atoms with Gasteiger partial charge < -0.3 is 15.1 Å². The van der Waals surface area contributed by atoms with Gasteiger partial charge in [0, 0.05) is 17.3 Å². The number of nitrogens with zero attached hydrogens (tertiary/aromatic N) is 1. The van der Waals surface area contributed by atoms with Crippen LogP contribution in [0.2, 0.25) is 0 Å². The Balaban J connectivity index is 1.80. The molecule has 1 heterocycles. The van der Waals surface area contributed by atoms with E-state index in [-0.39, 0.29) is 17.7 Å². The molecular formula is C19H30N3O2+. The third kappa shape index (κ3) is 5.06. The molecule has 5 heteroatoms. The smallest absolute Gasteiger partial charge is 0.275 e. The van der Waals surface area contributed by atoms with E-state index in [1.165, 1.54) is 4.90 Å². The third-order valence-electron chi connectivity index (χ3n) is 4.91. The van der Waals surface area contributed by atoms with Crippen LogP contribution >= 0.6 is 0 Å². The van der Waals surface area contributed by atoms with Gasteiger partial charge >= 0.3 is 0 Å². The van der Waals surface area contributed by atoms with Crippen LogP contribution in [0.25, 0.3) is 0 Å². The number of quaternary nitrogens is 1. The van der Waals surface area contributed by atoms with Crippen molar-refractivity contribution in [1.29, 1.82) is 0 Å². The van der Waals surface area contributed by atoms with Gasteiger partial charge in [-0.2, -0.15) is 0 Å². The molecule has 2 rings (SSSR count). The molecule has 1 saturated heterocycles. The molecule has 5 nitrogen and oxygen atoms in total. The van der Waals surface area contributed by atoms with Crippen molar-refractivity contribution in [3.63, 3.8) is 0 Å². The molecule has 1 amide bonds. The number of nitrogens with one attached hydrogen (secondary N) is 2. The monoisotopic (exact) mass is 332 g/mol. The molecule has 0 spiro atoms. The Labute approximate surface area is 145 Å². The van der Waals surface area contributed by atoms with Gasteiger partial charge in [0.2, 0.25) is 0 Å². The number of ketones is 1. The van der Waals surface area contributed by atoms with Crippen molar-refractivity contribution in [2.24, 2.45) is 5.92 Å². The van der Waals surface area contributed by atoms with E-state index >= 15 is 0 Å². The lowest BCUT2D eigenvalue weighted by atomic mass is 10.1. The van der Waals surface area contributed by atoms with Crippen LogP contribution in [0, 0.1) is 5.92 Å². The number of anilines is 1. The van der Waals surface area contributed by atoms with Crippen molar-refractivity contribution in [2.75, 3.05) is 37.6 Å². The fraction of sp³-hybridized carbons (Fsp3) is 0.579. The topological polar surface area (TPSA) is 53.9 Å². The zero-order valence-electron chi connectivity index (χ0n) is 15.3. The van der Waals surface area contributed by atoms with Crippen molar-refractivity contribution >= 4 is 17.4 Å². The number of amides is 1. The average Bonchev–Trinajstić information content (AvgIpc) is 2.55. The first kappa shape index (κ1) is 18.5. The first-order valence-electron chi connectivity index (χ1n) is 8.85. The fourth-order valence-electron chi connectivity index (χ4n) is 2.86. The Morgan fingerprint density at radius 2 is 1.71 bits per heavy atom. The average molecular weight is 332 g/mol. The molecule has 0 saturated carbocycles. The number of carbonyl (C=O) groups excluding carboxylic acids is 2. The van der Waals surface area contributed by atoms with Crippen LogP contribution in [-0.2, 0) is 4.79 Å². The Morgan fingerprint density at radius 3 is 2.21 bits per heavy atom. The van der Waals surface area contributed by atoms with Crippen molar-refractivity contribution in [1.82, 2.24) is 5.32 Å². The predicted octanol–water partition coefficient (Wildman–Crippen LogP) is 0.755. The molecule has 0 aromatic heterocycles. The standard InChI is InChI=1S/C19H29N3O2/c1-14(2)15(3)20-19(24)13-21-9-11-22(12-10-21)18-7-5-17(6-8-18)16(4)23/h5-8,14-15H,9-13H2,1-4H3,(H,20,24)/p+1/t15-/m0/s1. The molecule has 1 fully saturated rings. The molecule has 1 aromatic rings. The van der Waals surface area contributed by atoms with Gasteiger partial charge in [-0.25, -0.2) is 0 Å². The van der Waals surface area contributed by atoms with Crippen LogP contribution in [-0.4, -0.2) is 50.5 Å². The molecule has 0 bridgehead atoms. The molecule has 0 unspecified atom stereocenters. The van der Waals surface area contributed by atoms with Gasteiger partial charge in [-0.05, 0) is 44.0 Å². The molecule has 1 aromatic carbocycles. The molecule has 0 radical (unpaired) electrons. The second-order valence-electron chi connectivity index (χ2n) is 7.12. The molecule has 1 atom stereocenters. The summed E-state index contributed by atoms with van der Waals surface area (Å²) >= 11 is 0. The van der Waals surface area contributed by atoms with E-state index in [0.717, 1.165) is 37.4 Å².